The predicted molar refractivity (Wildman–Crippen MR) is 219 cm³/mol. The predicted octanol–water partition coefficient (Wildman–Crippen LogP) is 9.10. The first kappa shape index (κ1) is 38.4. The summed E-state index contributed by atoms with van der Waals surface area (Å²) < 4.78 is 10.9. The molecule has 2 heterocycles. The molecule has 2 saturated carbocycles. The maximum Gasteiger partial charge on any atom is 0.200 e. The standard InChI is InChI=1S/C47H52N2O8/c1-56-41-22-28(6-14-37(41)51)7-15-38(52)44-39(53)24-29(31-25-40(54)45(55)42(26-31)57-2)8-11-35-34-12-10-33(50)23-30(34)9-13-36(35)49-43-27-32(16-21-48-43)47(44)20-5-19-46(47)17-3-4-18-46/h6,9-10,12-14,16,21-23,25-27,29,38,44,50-52,54-55H,3-5,7-8,11,15,17-20,24H2,1-2H3,(H,48,49). The van der Waals surface area contributed by atoms with Gasteiger partial charge in [0.05, 0.1) is 26.2 Å². The number of phenols is 4. The second-order valence-electron chi connectivity index (χ2n) is 16.5. The van der Waals surface area contributed by atoms with Gasteiger partial charge in [-0.1, -0.05) is 37.5 Å². The molecule has 2 spiro atoms. The minimum Gasteiger partial charge on any atom is -0.508 e. The normalized spacial score (nSPS) is 22.3. The van der Waals surface area contributed by atoms with Gasteiger partial charge < -0.3 is 40.3 Å². The molecule has 2 aliphatic carbocycles. The number of Topliss-reactive ketones (excluding diaryl/α,β-unsaturated/α-hetero) is 1. The van der Waals surface area contributed by atoms with Crippen LogP contribution in [0.4, 0.5) is 11.5 Å². The molecule has 2 bridgehead atoms. The maximum atomic E-state index is 15.7. The molecule has 10 heteroatoms. The number of benzene rings is 4. The highest BCUT2D eigenvalue weighted by Gasteiger charge is 2.62. The SMILES string of the molecule is COc1cc(CCC(O)C2C(=O)CC(c3cc(O)c(O)c(OC)c3)CCc3c(ccc4cc(O)ccc34)Nc3cc(ccn3)C23CCCC32CCCC2)ccc1O. The Labute approximate surface area is 333 Å². The van der Waals surface area contributed by atoms with Crippen LogP contribution in [0.25, 0.3) is 10.8 Å². The summed E-state index contributed by atoms with van der Waals surface area (Å²) >= 11 is 0. The number of hydrogen-bond donors (Lipinski definition) is 6. The third-order valence-corrected chi connectivity index (χ3v) is 13.6. The number of pyridine rings is 1. The average Bonchev–Trinajstić information content (AvgIpc) is 3.84. The van der Waals surface area contributed by atoms with E-state index in [-0.39, 0.29) is 46.4 Å². The molecule has 0 amide bonds. The van der Waals surface area contributed by atoms with Gasteiger partial charge in [0.15, 0.2) is 23.0 Å². The number of nitrogens with one attached hydrogen (secondary N) is 1. The van der Waals surface area contributed by atoms with Gasteiger partial charge in [-0.2, -0.15) is 0 Å². The zero-order chi connectivity index (χ0) is 39.9. The Morgan fingerprint density at radius 2 is 1.63 bits per heavy atom. The van der Waals surface area contributed by atoms with E-state index in [9.17, 15) is 25.5 Å². The zero-order valence-corrected chi connectivity index (χ0v) is 32.6. The van der Waals surface area contributed by atoms with Gasteiger partial charge in [0.1, 0.15) is 17.4 Å². The molecule has 4 aromatic carbocycles. The molecule has 8 rings (SSSR count). The number of ether oxygens (including phenoxy) is 2. The molecule has 3 aliphatic rings. The number of methoxy groups -OCH3 is 2. The van der Waals surface area contributed by atoms with Crippen molar-refractivity contribution in [3.63, 3.8) is 0 Å². The van der Waals surface area contributed by atoms with Gasteiger partial charge in [0, 0.05) is 23.7 Å². The van der Waals surface area contributed by atoms with Gasteiger partial charge in [-0.25, -0.2) is 4.98 Å². The van der Waals surface area contributed by atoms with Gasteiger partial charge in [-0.3, -0.25) is 4.79 Å². The van der Waals surface area contributed by atoms with E-state index in [1.165, 1.54) is 20.3 Å². The molecule has 10 nitrogen and oxygen atoms in total. The lowest BCUT2D eigenvalue weighted by Crippen LogP contribution is -2.53. The van der Waals surface area contributed by atoms with Crippen LogP contribution in [0, 0.1) is 11.3 Å². The average molecular weight is 773 g/mol. The van der Waals surface area contributed by atoms with E-state index in [4.69, 9.17) is 14.5 Å². The van der Waals surface area contributed by atoms with Crippen LogP contribution >= 0.6 is 0 Å². The van der Waals surface area contributed by atoms with Crippen molar-refractivity contribution in [2.75, 3.05) is 19.5 Å². The van der Waals surface area contributed by atoms with Gasteiger partial charge in [0.25, 0.3) is 0 Å². The summed E-state index contributed by atoms with van der Waals surface area (Å²) in [6, 6.07) is 21.9. The molecule has 1 aromatic heterocycles. The molecular formula is C47H52N2O8. The fourth-order valence-corrected chi connectivity index (χ4v) is 11.0. The molecule has 6 N–H and O–H groups in total. The molecular weight excluding hydrogens is 721 g/mol. The van der Waals surface area contributed by atoms with E-state index in [0.717, 1.165) is 78.1 Å². The molecule has 1 aliphatic heterocycles. The molecule has 5 aromatic rings. The Morgan fingerprint density at radius 1 is 0.842 bits per heavy atom. The number of carbonyl (C=O) groups excluding carboxylic acids is 1. The molecule has 57 heavy (non-hydrogen) atoms. The minimum absolute atomic E-state index is 0.0378. The lowest BCUT2D eigenvalue weighted by atomic mass is 9.52. The quantitative estimate of drug-likeness (QED) is 0.0881. The van der Waals surface area contributed by atoms with Gasteiger partial charge >= 0.3 is 0 Å². The van der Waals surface area contributed by atoms with Crippen LogP contribution in [-0.4, -0.2) is 56.6 Å². The van der Waals surface area contributed by atoms with E-state index in [1.54, 1.807) is 30.3 Å². The minimum atomic E-state index is -1.00. The fourth-order valence-electron chi connectivity index (χ4n) is 11.0. The van der Waals surface area contributed by atoms with E-state index in [0.29, 0.717) is 42.8 Å². The summed E-state index contributed by atoms with van der Waals surface area (Å²) in [5, 5.41) is 60.4. The highest BCUT2D eigenvalue weighted by Crippen LogP contribution is 2.66. The smallest absolute Gasteiger partial charge is 0.200 e. The number of anilines is 2. The Bertz CT molecular complexity index is 2300. The Balaban J connectivity index is 1.31. The van der Waals surface area contributed by atoms with Gasteiger partial charge in [-0.15, -0.1) is 0 Å². The van der Waals surface area contributed by atoms with E-state index < -0.39 is 23.4 Å². The number of carbonyl (C=O) groups is 1. The largest absolute Gasteiger partial charge is 0.508 e. The number of aliphatic hydroxyl groups excluding tert-OH is 1. The van der Waals surface area contributed by atoms with Crippen LogP contribution in [0.15, 0.2) is 79.0 Å². The van der Waals surface area contributed by atoms with E-state index in [2.05, 4.69) is 17.4 Å². The van der Waals surface area contributed by atoms with Crippen molar-refractivity contribution in [2.24, 2.45) is 11.3 Å². The van der Waals surface area contributed by atoms with Crippen LogP contribution < -0.4 is 14.8 Å². The first-order valence-corrected chi connectivity index (χ1v) is 20.2. The number of phenolic OH excluding ortho intramolecular Hbond substituents is 4. The van der Waals surface area contributed by atoms with Crippen molar-refractivity contribution in [3.05, 3.63) is 101 Å². The molecule has 0 saturated heterocycles. The molecule has 2 fully saturated rings. The maximum absolute atomic E-state index is 15.7. The van der Waals surface area contributed by atoms with Crippen LogP contribution in [0.2, 0.25) is 0 Å². The highest BCUT2D eigenvalue weighted by atomic mass is 16.5. The van der Waals surface area contributed by atoms with Gasteiger partial charge in [0.2, 0.25) is 5.75 Å². The summed E-state index contributed by atoms with van der Waals surface area (Å²) in [7, 11) is 2.94. The lowest BCUT2D eigenvalue weighted by Gasteiger charge is -2.51. The fraction of sp³-hybridized carbons (Fsp3) is 0.404. The number of ketones is 1. The van der Waals surface area contributed by atoms with Crippen molar-refractivity contribution >= 4 is 28.1 Å². The number of nitrogens with zero attached hydrogens (tertiary/aromatic N) is 1. The zero-order valence-electron chi connectivity index (χ0n) is 32.6. The first-order chi connectivity index (χ1) is 27.6. The van der Waals surface area contributed by atoms with Crippen molar-refractivity contribution in [1.82, 2.24) is 4.98 Å². The van der Waals surface area contributed by atoms with E-state index >= 15 is 4.79 Å². The van der Waals surface area contributed by atoms with Crippen LogP contribution in [0.1, 0.15) is 92.4 Å². The van der Waals surface area contributed by atoms with E-state index in [1.807, 2.05) is 30.5 Å². The molecule has 4 atom stereocenters. The summed E-state index contributed by atoms with van der Waals surface area (Å²) in [6.07, 6.45) is 9.44. The van der Waals surface area contributed by atoms with Crippen molar-refractivity contribution in [3.8, 4) is 34.5 Å². The number of aromatic hydroxyl groups is 4. The van der Waals surface area contributed by atoms with Gasteiger partial charge in [-0.05, 0) is 150 Å². The number of aromatic nitrogens is 1. The Kier molecular flexibility index (Phi) is 10.4. The number of aliphatic hydroxyl groups is 1. The van der Waals surface area contributed by atoms with Crippen molar-refractivity contribution in [1.29, 1.82) is 0 Å². The lowest BCUT2D eigenvalue weighted by molar-refractivity contribution is -0.134. The highest BCUT2D eigenvalue weighted by molar-refractivity contribution is 5.92. The van der Waals surface area contributed by atoms with Crippen LogP contribution in [0.3, 0.4) is 0 Å². The third kappa shape index (κ3) is 6.88. The Hall–Kier alpha value is -5.48. The van der Waals surface area contributed by atoms with Crippen LogP contribution in [0.5, 0.6) is 34.5 Å². The number of hydrogen-bond acceptors (Lipinski definition) is 10. The topological polar surface area (TPSA) is 162 Å². The molecule has 0 radical (unpaired) electrons. The molecule has 298 valence electrons. The summed E-state index contributed by atoms with van der Waals surface area (Å²) in [5.41, 5.74) is 3.54. The van der Waals surface area contributed by atoms with Crippen molar-refractivity contribution in [2.45, 2.75) is 94.5 Å². The second-order valence-corrected chi connectivity index (χ2v) is 16.5. The summed E-state index contributed by atoms with van der Waals surface area (Å²) in [4.78, 5) is 20.5. The summed E-state index contributed by atoms with van der Waals surface area (Å²) in [5.74, 6) is -0.571. The number of fused-ring (bicyclic) bond motifs is 7. The number of rotatable bonds is 7. The molecule has 4 unspecified atom stereocenters. The number of aryl methyl sites for hydroxylation is 2. The second kappa shape index (κ2) is 15.5. The van der Waals surface area contributed by atoms with Crippen molar-refractivity contribution < 1.29 is 39.8 Å². The third-order valence-electron chi connectivity index (χ3n) is 13.6. The Morgan fingerprint density at radius 3 is 2.42 bits per heavy atom. The van der Waals surface area contributed by atoms with Crippen LogP contribution in [-0.2, 0) is 23.1 Å². The monoisotopic (exact) mass is 772 g/mol. The summed E-state index contributed by atoms with van der Waals surface area (Å²) in [6.45, 7) is 0. The first-order valence-electron chi connectivity index (χ1n) is 20.2.